The SMILES string of the molecule is CC(=O)N[C@@H](Cc1csc(C)n1)[C@H](O)CN[C@H]1CC2(CCC2)Oc2ncc(CC(C)(C)C)cc21. The summed E-state index contributed by atoms with van der Waals surface area (Å²) in [4.78, 5) is 21.0. The van der Waals surface area contributed by atoms with E-state index in [1.165, 1.54) is 18.9 Å². The second kappa shape index (κ2) is 9.91. The molecule has 0 radical (unpaired) electrons. The van der Waals surface area contributed by atoms with Gasteiger partial charge in [0.25, 0.3) is 0 Å². The van der Waals surface area contributed by atoms with Crippen molar-refractivity contribution >= 4 is 17.2 Å². The number of rotatable bonds is 8. The molecule has 1 fully saturated rings. The predicted molar refractivity (Wildman–Crippen MR) is 134 cm³/mol. The van der Waals surface area contributed by atoms with E-state index in [0.717, 1.165) is 41.9 Å². The molecule has 8 heteroatoms. The number of amides is 1. The van der Waals surface area contributed by atoms with Crippen LogP contribution in [0.25, 0.3) is 0 Å². The van der Waals surface area contributed by atoms with Gasteiger partial charge in [0.15, 0.2) is 0 Å². The van der Waals surface area contributed by atoms with Gasteiger partial charge >= 0.3 is 0 Å². The highest BCUT2D eigenvalue weighted by molar-refractivity contribution is 7.09. The Balaban J connectivity index is 1.49. The molecule has 34 heavy (non-hydrogen) atoms. The van der Waals surface area contributed by atoms with E-state index in [0.29, 0.717) is 18.8 Å². The molecular weight excluding hydrogens is 448 g/mol. The van der Waals surface area contributed by atoms with E-state index in [9.17, 15) is 9.90 Å². The molecule has 1 amide bonds. The van der Waals surface area contributed by atoms with Crippen molar-refractivity contribution in [3.05, 3.63) is 39.5 Å². The molecule has 0 bridgehead atoms. The summed E-state index contributed by atoms with van der Waals surface area (Å²) in [5.74, 6) is 0.559. The molecule has 2 aliphatic rings. The van der Waals surface area contributed by atoms with Crippen molar-refractivity contribution in [1.82, 2.24) is 20.6 Å². The number of carbonyl (C=O) groups excluding carboxylic acids is 1. The second-order valence-corrected chi connectivity index (χ2v) is 12.3. The third kappa shape index (κ3) is 6.15. The molecule has 7 nitrogen and oxygen atoms in total. The lowest BCUT2D eigenvalue weighted by Gasteiger charge is -2.47. The summed E-state index contributed by atoms with van der Waals surface area (Å²) in [5, 5.41) is 20.5. The number of nitrogens with one attached hydrogen (secondary N) is 2. The molecule has 3 heterocycles. The molecule has 1 spiro atoms. The third-order valence-corrected chi connectivity index (χ3v) is 7.54. The van der Waals surface area contributed by atoms with E-state index in [1.807, 2.05) is 18.5 Å². The summed E-state index contributed by atoms with van der Waals surface area (Å²) in [7, 11) is 0. The highest BCUT2D eigenvalue weighted by atomic mass is 32.1. The van der Waals surface area contributed by atoms with Gasteiger partial charge in [0.2, 0.25) is 11.8 Å². The number of hydrogen-bond donors (Lipinski definition) is 3. The maximum absolute atomic E-state index is 11.8. The van der Waals surface area contributed by atoms with Gasteiger partial charge in [-0.15, -0.1) is 11.3 Å². The average Bonchev–Trinajstić information content (AvgIpc) is 3.13. The first-order valence-electron chi connectivity index (χ1n) is 12.3. The van der Waals surface area contributed by atoms with Crippen molar-refractivity contribution in [2.75, 3.05) is 6.54 Å². The maximum atomic E-state index is 11.8. The Morgan fingerprint density at radius 2 is 2.15 bits per heavy atom. The van der Waals surface area contributed by atoms with E-state index in [-0.39, 0.29) is 23.0 Å². The first-order valence-corrected chi connectivity index (χ1v) is 13.2. The van der Waals surface area contributed by atoms with Crippen LogP contribution in [0, 0.1) is 12.3 Å². The fraction of sp³-hybridized carbons (Fsp3) is 0.654. The lowest BCUT2D eigenvalue weighted by atomic mass is 9.73. The lowest BCUT2D eigenvalue weighted by molar-refractivity contribution is -0.120. The summed E-state index contributed by atoms with van der Waals surface area (Å²) >= 11 is 1.58. The summed E-state index contributed by atoms with van der Waals surface area (Å²) in [6.45, 7) is 10.5. The second-order valence-electron chi connectivity index (χ2n) is 11.2. The van der Waals surface area contributed by atoms with Gasteiger partial charge in [-0.1, -0.05) is 20.8 Å². The van der Waals surface area contributed by atoms with E-state index in [4.69, 9.17) is 9.72 Å². The van der Waals surface area contributed by atoms with E-state index in [2.05, 4.69) is 42.5 Å². The van der Waals surface area contributed by atoms with Gasteiger partial charge in [0, 0.05) is 49.5 Å². The van der Waals surface area contributed by atoms with Crippen LogP contribution in [0.15, 0.2) is 17.6 Å². The average molecular weight is 487 g/mol. The minimum absolute atomic E-state index is 0.0469. The van der Waals surface area contributed by atoms with Crippen molar-refractivity contribution in [1.29, 1.82) is 0 Å². The van der Waals surface area contributed by atoms with Crippen molar-refractivity contribution < 1.29 is 14.6 Å². The standard InChI is InChI=1S/C26H38N4O3S/c1-16(31)29-21(10-19-15-34-17(2)30-19)23(32)14-27-22-12-26(7-6-8-26)33-24-20(22)9-18(13-28-24)11-25(3,4)5/h9,13,15,21-23,27,32H,6-8,10-12,14H2,1-5H3,(H,29,31)/t21-,22-,23+/m0/s1. The number of fused-ring (bicyclic) bond motifs is 1. The van der Waals surface area contributed by atoms with Crippen molar-refractivity contribution in [3.8, 4) is 5.88 Å². The molecular formula is C26H38N4O3S. The van der Waals surface area contributed by atoms with Gasteiger partial charge in [0.1, 0.15) is 5.60 Å². The van der Waals surface area contributed by atoms with Gasteiger partial charge in [-0.2, -0.15) is 0 Å². The number of hydrogen-bond acceptors (Lipinski definition) is 7. The number of aromatic nitrogens is 2. The highest BCUT2D eigenvalue weighted by Crippen LogP contribution is 2.48. The smallest absolute Gasteiger partial charge is 0.218 e. The molecule has 2 aromatic rings. The molecule has 3 N–H and O–H groups in total. The quantitative estimate of drug-likeness (QED) is 0.524. The minimum atomic E-state index is -0.750. The molecule has 1 saturated carbocycles. The highest BCUT2D eigenvalue weighted by Gasteiger charge is 2.46. The lowest BCUT2D eigenvalue weighted by Crippen LogP contribution is -2.52. The molecule has 0 unspecified atom stereocenters. The molecule has 1 aliphatic heterocycles. The van der Waals surface area contributed by atoms with Crippen LogP contribution in [0.5, 0.6) is 5.88 Å². The number of thiazole rings is 1. The number of pyridine rings is 1. The Bertz CT molecular complexity index is 1010. The third-order valence-electron chi connectivity index (χ3n) is 6.72. The number of ether oxygens (including phenoxy) is 1. The Morgan fingerprint density at radius 1 is 1.38 bits per heavy atom. The van der Waals surface area contributed by atoms with Crippen LogP contribution in [0.1, 0.15) is 81.2 Å². The monoisotopic (exact) mass is 486 g/mol. The van der Waals surface area contributed by atoms with Crippen molar-refractivity contribution in [3.63, 3.8) is 0 Å². The zero-order valence-corrected chi connectivity index (χ0v) is 21.8. The molecule has 0 aromatic carbocycles. The van der Waals surface area contributed by atoms with Crippen LogP contribution < -0.4 is 15.4 Å². The largest absolute Gasteiger partial charge is 0.471 e. The Kier molecular flexibility index (Phi) is 7.31. The minimum Gasteiger partial charge on any atom is -0.471 e. The van der Waals surface area contributed by atoms with Gasteiger partial charge in [-0.25, -0.2) is 9.97 Å². The fourth-order valence-corrected chi connectivity index (χ4v) is 5.65. The summed E-state index contributed by atoms with van der Waals surface area (Å²) in [6, 6.07) is 1.85. The number of aryl methyl sites for hydroxylation is 1. The topological polar surface area (TPSA) is 96.4 Å². The summed E-state index contributed by atoms with van der Waals surface area (Å²) < 4.78 is 6.38. The van der Waals surface area contributed by atoms with Crippen LogP contribution in [0.4, 0.5) is 0 Å². The zero-order valence-electron chi connectivity index (χ0n) is 21.0. The van der Waals surface area contributed by atoms with Crippen molar-refractivity contribution in [2.45, 2.75) is 96.9 Å². The summed E-state index contributed by atoms with van der Waals surface area (Å²) in [6.07, 6.45) is 6.74. The van der Waals surface area contributed by atoms with Crippen LogP contribution in [0.2, 0.25) is 0 Å². The summed E-state index contributed by atoms with van der Waals surface area (Å²) in [5.41, 5.74) is 3.17. The predicted octanol–water partition coefficient (Wildman–Crippen LogP) is 3.88. The molecule has 2 aromatic heterocycles. The van der Waals surface area contributed by atoms with E-state index >= 15 is 0 Å². The zero-order chi connectivity index (χ0) is 24.5. The van der Waals surface area contributed by atoms with Crippen molar-refractivity contribution in [2.24, 2.45) is 5.41 Å². The maximum Gasteiger partial charge on any atom is 0.218 e. The van der Waals surface area contributed by atoms with Gasteiger partial charge in [0.05, 0.1) is 22.8 Å². The van der Waals surface area contributed by atoms with Gasteiger partial charge in [-0.05, 0) is 49.7 Å². The number of aliphatic hydroxyl groups excluding tert-OH is 1. The van der Waals surface area contributed by atoms with E-state index in [1.54, 1.807) is 11.3 Å². The van der Waals surface area contributed by atoms with E-state index < -0.39 is 12.1 Å². The Hall–Kier alpha value is -2.03. The number of aliphatic hydroxyl groups is 1. The first-order chi connectivity index (χ1) is 16.0. The van der Waals surface area contributed by atoms with Crippen LogP contribution in [-0.4, -0.2) is 45.3 Å². The number of carbonyl (C=O) groups is 1. The van der Waals surface area contributed by atoms with Crippen LogP contribution in [-0.2, 0) is 17.6 Å². The molecule has 1 aliphatic carbocycles. The van der Waals surface area contributed by atoms with Crippen LogP contribution in [0.3, 0.4) is 0 Å². The Labute approximate surface area is 206 Å². The molecule has 186 valence electrons. The molecule has 0 saturated heterocycles. The molecule has 3 atom stereocenters. The van der Waals surface area contributed by atoms with Crippen LogP contribution >= 0.6 is 11.3 Å². The Morgan fingerprint density at radius 3 is 2.74 bits per heavy atom. The fourth-order valence-electron chi connectivity index (χ4n) is 5.02. The van der Waals surface area contributed by atoms with Gasteiger partial charge in [-0.3, -0.25) is 4.79 Å². The molecule has 4 rings (SSSR count). The number of nitrogens with zero attached hydrogens (tertiary/aromatic N) is 2. The van der Waals surface area contributed by atoms with Gasteiger partial charge < -0.3 is 20.5 Å². The normalized spacial score (nSPS) is 20.7. The first kappa shape index (κ1) is 25.1.